The van der Waals surface area contributed by atoms with Gasteiger partial charge >= 0.3 is 0 Å². The summed E-state index contributed by atoms with van der Waals surface area (Å²) in [5.41, 5.74) is 0. The fourth-order valence-corrected chi connectivity index (χ4v) is 2.74. The molecule has 0 spiro atoms. The van der Waals surface area contributed by atoms with Crippen molar-refractivity contribution in [2.24, 2.45) is 11.8 Å². The highest BCUT2D eigenvalue weighted by Gasteiger charge is 2.23. The number of nitrogens with zero attached hydrogens (tertiary/aromatic N) is 1. The van der Waals surface area contributed by atoms with Crippen LogP contribution >= 0.6 is 0 Å². The van der Waals surface area contributed by atoms with Gasteiger partial charge in [0.2, 0.25) is 6.41 Å². The van der Waals surface area contributed by atoms with E-state index in [2.05, 4.69) is 6.58 Å². The van der Waals surface area contributed by atoms with E-state index in [-0.39, 0.29) is 11.8 Å². The molecule has 0 aliphatic heterocycles. The molecule has 1 aliphatic carbocycles. The van der Waals surface area contributed by atoms with Crippen LogP contribution in [0, 0.1) is 11.8 Å². The standard InChI is InChI=1S/C15H23NO3/c1-3-15(19)16(11-17)10-4-5-13-6-8-14(9-7-13)12(2)18/h3,11,13-14H,1,4-10H2,2H3. The molecule has 2 amide bonds. The normalized spacial score (nSPS) is 22.6. The van der Waals surface area contributed by atoms with Crippen molar-refractivity contribution >= 4 is 18.1 Å². The Morgan fingerprint density at radius 2 is 1.89 bits per heavy atom. The number of carbonyl (C=O) groups is 3. The van der Waals surface area contributed by atoms with Crippen LogP contribution in [0.15, 0.2) is 12.7 Å². The molecular weight excluding hydrogens is 242 g/mol. The highest BCUT2D eigenvalue weighted by molar-refractivity contribution is 5.94. The van der Waals surface area contributed by atoms with Crippen molar-refractivity contribution in [3.05, 3.63) is 12.7 Å². The molecule has 0 aromatic heterocycles. The van der Waals surface area contributed by atoms with E-state index in [1.54, 1.807) is 6.92 Å². The molecule has 0 radical (unpaired) electrons. The van der Waals surface area contributed by atoms with Crippen molar-refractivity contribution in [3.8, 4) is 0 Å². The van der Waals surface area contributed by atoms with Crippen LogP contribution < -0.4 is 0 Å². The summed E-state index contributed by atoms with van der Waals surface area (Å²) in [4.78, 5) is 34.4. The molecule has 106 valence electrons. The van der Waals surface area contributed by atoms with E-state index in [4.69, 9.17) is 0 Å². The first-order chi connectivity index (χ1) is 9.08. The van der Waals surface area contributed by atoms with E-state index in [9.17, 15) is 14.4 Å². The molecule has 1 rings (SSSR count). The van der Waals surface area contributed by atoms with Crippen LogP contribution in [0.1, 0.15) is 45.4 Å². The van der Waals surface area contributed by atoms with Gasteiger partial charge in [-0.05, 0) is 57.4 Å². The zero-order valence-electron chi connectivity index (χ0n) is 11.6. The lowest BCUT2D eigenvalue weighted by molar-refractivity contribution is -0.134. The summed E-state index contributed by atoms with van der Waals surface area (Å²) in [6.07, 6.45) is 7.71. The summed E-state index contributed by atoms with van der Waals surface area (Å²) < 4.78 is 0. The lowest BCUT2D eigenvalue weighted by atomic mass is 9.78. The van der Waals surface area contributed by atoms with Crippen molar-refractivity contribution in [1.29, 1.82) is 0 Å². The monoisotopic (exact) mass is 265 g/mol. The Balaban J connectivity index is 2.23. The van der Waals surface area contributed by atoms with E-state index >= 15 is 0 Å². The first-order valence-corrected chi connectivity index (χ1v) is 6.97. The molecule has 0 atom stereocenters. The average Bonchev–Trinajstić information content (AvgIpc) is 2.43. The molecule has 0 aromatic rings. The zero-order chi connectivity index (χ0) is 14.3. The lowest BCUT2D eigenvalue weighted by Crippen LogP contribution is -2.29. The van der Waals surface area contributed by atoms with Crippen molar-refractivity contribution < 1.29 is 14.4 Å². The van der Waals surface area contributed by atoms with Crippen LogP contribution in [0.3, 0.4) is 0 Å². The first-order valence-electron chi connectivity index (χ1n) is 6.97. The van der Waals surface area contributed by atoms with Gasteiger partial charge in [0.15, 0.2) is 0 Å². The van der Waals surface area contributed by atoms with Gasteiger partial charge in [-0.2, -0.15) is 0 Å². The van der Waals surface area contributed by atoms with Crippen LogP contribution in [-0.2, 0) is 14.4 Å². The predicted molar refractivity (Wildman–Crippen MR) is 73.3 cm³/mol. The van der Waals surface area contributed by atoms with Gasteiger partial charge < -0.3 is 0 Å². The van der Waals surface area contributed by atoms with Crippen LogP contribution in [-0.4, -0.2) is 29.5 Å². The predicted octanol–water partition coefficient (Wildman–Crippen LogP) is 2.33. The molecule has 1 fully saturated rings. The lowest BCUT2D eigenvalue weighted by Gasteiger charge is -2.27. The van der Waals surface area contributed by atoms with Gasteiger partial charge in [-0.25, -0.2) is 0 Å². The minimum atomic E-state index is -0.338. The van der Waals surface area contributed by atoms with Crippen molar-refractivity contribution in [3.63, 3.8) is 0 Å². The van der Waals surface area contributed by atoms with Crippen LogP contribution in [0.4, 0.5) is 0 Å². The molecule has 0 aromatic carbocycles. The summed E-state index contributed by atoms with van der Waals surface area (Å²) in [7, 11) is 0. The summed E-state index contributed by atoms with van der Waals surface area (Å²) in [5.74, 6) is 0.852. The average molecular weight is 265 g/mol. The molecule has 0 bridgehead atoms. The Labute approximate surface area is 114 Å². The van der Waals surface area contributed by atoms with E-state index in [1.165, 1.54) is 0 Å². The number of hydrogen-bond donors (Lipinski definition) is 0. The topological polar surface area (TPSA) is 54.5 Å². The maximum Gasteiger partial charge on any atom is 0.252 e. The molecule has 0 heterocycles. The minimum absolute atomic E-state index is 0.255. The Kier molecular flexibility index (Phi) is 6.46. The van der Waals surface area contributed by atoms with Crippen LogP contribution in [0.2, 0.25) is 0 Å². The summed E-state index contributed by atoms with van der Waals surface area (Å²) in [5, 5.41) is 0. The van der Waals surface area contributed by atoms with Gasteiger partial charge in [-0.1, -0.05) is 6.58 Å². The number of Topliss-reactive ketones (excluding diaryl/α,β-unsaturated/α-hetero) is 1. The van der Waals surface area contributed by atoms with Gasteiger partial charge in [0, 0.05) is 12.5 Å². The van der Waals surface area contributed by atoms with Crippen LogP contribution in [0.25, 0.3) is 0 Å². The molecule has 19 heavy (non-hydrogen) atoms. The molecule has 4 nitrogen and oxygen atoms in total. The minimum Gasteiger partial charge on any atom is -0.300 e. The van der Waals surface area contributed by atoms with Gasteiger partial charge in [0.05, 0.1) is 0 Å². The van der Waals surface area contributed by atoms with Crippen molar-refractivity contribution in [2.75, 3.05) is 6.54 Å². The molecule has 1 saturated carbocycles. The second kappa shape index (κ2) is 7.87. The van der Waals surface area contributed by atoms with E-state index in [0.29, 0.717) is 24.7 Å². The van der Waals surface area contributed by atoms with Gasteiger partial charge in [-0.3, -0.25) is 19.3 Å². The smallest absolute Gasteiger partial charge is 0.252 e. The molecule has 0 unspecified atom stereocenters. The second-order valence-corrected chi connectivity index (χ2v) is 5.31. The molecule has 1 aliphatic rings. The Hall–Kier alpha value is -1.45. The highest BCUT2D eigenvalue weighted by atomic mass is 16.2. The SMILES string of the molecule is C=CC(=O)N(C=O)CCCC1CCC(C(C)=O)CC1. The molecule has 0 N–H and O–H groups in total. The van der Waals surface area contributed by atoms with E-state index in [1.807, 2.05) is 0 Å². The highest BCUT2D eigenvalue weighted by Crippen LogP contribution is 2.31. The maximum absolute atomic E-state index is 11.3. The van der Waals surface area contributed by atoms with Gasteiger partial charge in [-0.15, -0.1) is 0 Å². The van der Waals surface area contributed by atoms with Crippen molar-refractivity contribution in [1.82, 2.24) is 4.90 Å². The Morgan fingerprint density at radius 1 is 1.26 bits per heavy atom. The fourth-order valence-electron chi connectivity index (χ4n) is 2.74. The van der Waals surface area contributed by atoms with Gasteiger partial charge in [0.25, 0.3) is 5.91 Å². The number of hydrogen-bond acceptors (Lipinski definition) is 3. The van der Waals surface area contributed by atoms with E-state index < -0.39 is 0 Å². The molecular formula is C15H23NO3. The number of rotatable bonds is 7. The summed E-state index contributed by atoms with van der Waals surface area (Å²) >= 11 is 0. The van der Waals surface area contributed by atoms with Crippen molar-refractivity contribution in [2.45, 2.75) is 45.4 Å². The largest absolute Gasteiger partial charge is 0.300 e. The zero-order valence-corrected chi connectivity index (χ0v) is 11.6. The second-order valence-electron chi connectivity index (χ2n) is 5.31. The van der Waals surface area contributed by atoms with Gasteiger partial charge in [0.1, 0.15) is 5.78 Å². The number of carbonyl (C=O) groups excluding carboxylic acids is 3. The number of ketones is 1. The quantitative estimate of drug-likeness (QED) is 0.524. The summed E-state index contributed by atoms with van der Waals surface area (Å²) in [6, 6.07) is 0. The summed E-state index contributed by atoms with van der Waals surface area (Å²) in [6.45, 7) is 5.50. The Morgan fingerprint density at radius 3 is 2.37 bits per heavy atom. The molecule has 0 saturated heterocycles. The third kappa shape index (κ3) is 4.97. The third-order valence-electron chi connectivity index (χ3n) is 4.02. The first kappa shape index (κ1) is 15.6. The maximum atomic E-state index is 11.3. The Bertz CT molecular complexity index is 343. The van der Waals surface area contributed by atoms with E-state index in [0.717, 1.165) is 49.5 Å². The molecule has 4 heteroatoms. The number of imide groups is 1. The van der Waals surface area contributed by atoms with Crippen LogP contribution in [0.5, 0.6) is 0 Å². The number of amides is 2. The third-order valence-corrected chi connectivity index (χ3v) is 4.02. The fraction of sp³-hybridized carbons (Fsp3) is 0.667.